The summed E-state index contributed by atoms with van der Waals surface area (Å²) in [6, 6.07) is 12.3. The van der Waals surface area contributed by atoms with E-state index < -0.39 is 0 Å². The van der Waals surface area contributed by atoms with Gasteiger partial charge in [0.25, 0.3) is 0 Å². The van der Waals surface area contributed by atoms with E-state index >= 15 is 4.39 Å². The summed E-state index contributed by atoms with van der Waals surface area (Å²) in [5.74, 6) is -0.256. The van der Waals surface area contributed by atoms with E-state index in [9.17, 15) is 5.11 Å². The van der Waals surface area contributed by atoms with Crippen LogP contribution >= 0.6 is 0 Å². The van der Waals surface area contributed by atoms with Gasteiger partial charge in [0, 0.05) is 54.1 Å². The summed E-state index contributed by atoms with van der Waals surface area (Å²) < 4.78 is 16.5. The minimum atomic E-state index is -0.353. The Morgan fingerprint density at radius 1 is 1.11 bits per heavy atom. The molecule has 2 N–H and O–H groups in total. The first-order valence-corrected chi connectivity index (χ1v) is 13.8. The number of phenolic OH excluding ortho intramolecular Hbond substituents is 1. The van der Waals surface area contributed by atoms with E-state index in [4.69, 9.17) is 4.84 Å². The van der Waals surface area contributed by atoms with Gasteiger partial charge in [-0.25, -0.2) is 4.39 Å². The molecule has 38 heavy (non-hydrogen) atoms. The van der Waals surface area contributed by atoms with Crippen LogP contribution in [-0.2, 0) is 11.4 Å². The monoisotopic (exact) mass is 515 g/mol. The van der Waals surface area contributed by atoms with Crippen molar-refractivity contribution in [2.24, 2.45) is 0 Å². The molecule has 2 bridgehead atoms. The number of halogens is 1. The van der Waals surface area contributed by atoms with E-state index in [-0.39, 0.29) is 17.3 Å². The van der Waals surface area contributed by atoms with Crippen LogP contribution in [0.1, 0.15) is 36.8 Å². The second-order valence-electron chi connectivity index (χ2n) is 11.2. The van der Waals surface area contributed by atoms with Crippen LogP contribution in [-0.4, -0.2) is 76.4 Å². The van der Waals surface area contributed by atoms with E-state index in [0.717, 1.165) is 48.1 Å². The average Bonchev–Trinajstić information content (AvgIpc) is 3.50. The molecule has 198 valence electrons. The first-order chi connectivity index (χ1) is 18.5. The van der Waals surface area contributed by atoms with Crippen molar-refractivity contribution in [3.05, 3.63) is 65.7 Å². The number of pyridine rings is 1. The molecule has 7 nitrogen and oxygen atoms in total. The van der Waals surface area contributed by atoms with Crippen LogP contribution in [0.2, 0.25) is 0 Å². The van der Waals surface area contributed by atoms with E-state index in [1.54, 1.807) is 12.1 Å². The Hall–Kier alpha value is -3.20. The van der Waals surface area contributed by atoms with Gasteiger partial charge in [0.05, 0.1) is 25.0 Å². The number of rotatable bonds is 5. The Labute approximate surface area is 222 Å². The highest BCUT2D eigenvalue weighted by molar-refractivity contribution is 5.97. The normalized spacial score (nSPS) is 25.2. The average molecular weight is 516 g/mol. The third-order valence-electron chi connectivity index (χ3n) is 8.74. The zero-order valence-electron chi connectivity index (χ0n) is 21.7. The number of benzene rings is 2. The van der Waals surface area contributed by atoms with E-state index in [1.165, 1.54) is 19.3 Å². The van der Waals surface area contributed by atoms with Crippen LogP contribution in [0.3, 0.4) is 0 Å². The first kappa shape index (κ1) is 23.9. The van der Waals surface area contributed by atoms with Crippen molar-refractivity contribution in [1.29, 1.82) is 0 Å². The molecule has 0 radical (unpaired) electrons. The summed E-state index contributed by atoms with van der Waals surface area (Å²) in [4.78, 5) is 15.7. The SMILES string of the molecule is CN1CCC[C@H]1CON1C=C(N2CC3CCC(C2)N3)c2cnc(-c3cc(O)cc4ccccc34)c(F)c2C1. The number of likely N-dealkylation sites (N-methyl/N-ethyl adjacent to an activating group) is 1. The van der Waals surface area contributed by atoms with Crippen molar-refractivity contribution >= 4 is 16.5 Å². The van der Waals surface area contributed by atoms with Gasteiger partial charge >= 0.3 is 0 Å². The van der Waals surface area contributed by atoms with Crippen molar-refractivity contribution in [2.45, 2.75) is 50.4 Å². The standard InChI is InChI=1S/C30H34FN5O2/c1-34-10-4-6-22(34)18-38-36-16-27-26(28(17-36)35-14-20-8-9-21(15-35)33-20)13-32-30(29(27)31)25-12-23(37)11-19-5-2-3-7-24(19)25/h2-3,5,7,11-13,17,20-22,33,37H,4,6,8-10,14-16,18H2,1H3/t20?,21?,22-/m0/s1. The maximum atomic E-state index is 16.5. The molecule has 1 aromatic heterocycles. The molecule has 2 aromatic carbocycles. The topological polar surface area (TPSA) is 64.1 Å². The Morgan fingerprint density at radius 2 is 1.92 bits per heavy atom. The van der Waals surface area contributed by atoms with Crippen molar-refractivity contribution in [2.75, 3.05) is 33.3 Å². The van der Waals surface area contributed by atoms with Crippen molar-refractivity contribution in [3.63, 3.8) is 0 Å². The summed E-state index contributed by atoms with van der Waals surface area (Å²) in [5, 5.41) is 17.6. The van der Waals surface area contributed by atoms with Gasteiger partial charge in [-0.2, -0.15) is 0 Å². The Morgan fingerprint density at radius 3 is 2.71 bits per heavy atom. The lowest BCUT2D eigenvalue weighted by Gasteiger charge is -2.39. The number of hydroxylamine groups is 2. The number of fused-ring (bicyclic) bond motifs is 4. The fourth-order valence-corrected chi connectivity index (χ4v) is 6.69. The second-order valence-corrected chi connectivity index (χ2v) is 11.2. The van der Waals surface area contributed by atoms with Gasteiger partial charge in [0.15, 0.2) is 5.82 Å². The molecule has 3 atom stereocenters. The number of piperazine rings is 1. The van der Waals surface area contributed by atoms with Crippen LogP contribution in [0.25, 0.3) is 27.7 Å². The number of hydrogen-bond acceptors (Lipinski definition) is 7. The van der Waals surface area contributed by atoms with Crippen LogP contribution in [0.15, 0.2) is 48.8 Å². The predicted molar refractivity (Wildman–Crippen MR) is 145 cm³/mol. The van der Waals surface area contributed by atoms with E-state index in [1.807, 2.05) is 41.7 Å². The molecule has 0 aliphatic carbocycles. The van der Waals surface area contributed by atoms with Gasteiger partial charge in [-0.3, -0.25) is 14.9 Å². The maximum Gasteiger partial charge on any atom is 0.155 e. The molecule has 3 aromatic rings. The minimum absolute atomic E-state index is 0.0974. The Bertz CT molecular complexity index is 1400. The smallest absolute Gasteiger partial charge is 0.155 e. The van der Waals surface area contributed by atoms with Crippen LogP contribution in [0.4, 0.5) is 4.39 Å². The minimum Gasteiger partial charge on any atom is -0.508 e. The molecule has 5 heterocycles. The number of phenols is 1. The number of hydrogen-bond donors (Lipinski definition) is 2. The van der Waals surface area contributed by atoms with Crippen molar-refractivity contribution in [3.8, 4) is 17.0 Å². The zero-order valence-corrected chi connectivity index (χ0v) is 21.7. The molecular formula is C30H34FN5O2. The zero-order chi connectivity index (χ0) is 25.8. The summed E-state index contributed by atoms with van der Waals surface area (Å²) in [6.07, 6.45) is 8.50. The third-order valence-corrected chi connectivity index (χ3v) is 8.74. The number of aromatic nitrogens is 1. The molecule has 4 aliphatic rings. The predicted octanol–water partition coefficient (Wildman–Crippen LogP) is 4.32. The van der Waals surface area contributed by atoms with Crippen molar-refractivity contribution < 1.29 is 14.3 Å². The number of likely N-dealkylation sites (tertiary alicyclic amines) is 2. The molecule has 0 amide bonds. The number of nitrogens with one attached hydrogen (secondary N) is 1. The molecule has 8 heteroatoms. The molecule has 4 aliphatic heterocycles. The summed E-state index contributed by atoms with van der Waals surface area (Å²) >= 11 is 0. The van der Waals surface area contributed by atoms with Crippen LogP contribution in [0, 0.1) is 5.82 Å². The lowest BCUT2D eigenvalue weighted by atomic mass is 9.96. The molecule has 7 rings (SSSR count). The quantitative estimate of drug-likeness (QED) is 0.525. The lowest BCUT2D eigenvalue weighted by Crippen LogP contribution is -2.50. The maximum absolute atomic E-state index is 16.5. The van der Waals surface area contributed by atoms with E-state index in [0.29, 0.717) is 42.4 Å². The van der Waals surface area contributed by atoms with Crippen LogP contribution in [0.5, 0.6) is 5.75 Å². The molecule has 0 spiro atoms. The van der Waals surface area contributed by atoms with Gasteiger partial charge in [0.2, 0.25) is 0 Å². The highest BCUT2D eigenvalue weighted by Crippen LogP contribution is 2.39. The fraction of sp³-hybridized carbons (Fsp3) is 0.433. The molecular weight excluding hydrogens is 481 g/mol. The number of aromatic hydroxyl groups is 1. The fourth-order valence-electron chi connectivity index (χ4n) is 6.69. The van der Waals surface area contributed by atoms with Gasteiger partial charge in [0.1, 0.15) is 11.4 Å². The lowest BCUT2D eigenvalue weighted by molar-refractivity contribution is -0.141. The van der Waals surface area contributed by atoms with Gasteiger partial charge in [-0.05, 0) is 62.2 Å². The summed E-state index contributed by atoms with van der Waals surface area (Å²) in [6.45, 7) is 3.76. The highest BCUT2D eigenvalue weighted by Gasteiger charge is 2.36. The molecule has 3 fully saturated rings. The molecule has 3 saturated heterocycles. The van der Waals surface area contributed by atoms with Gasteiger partial charge in [-0.15, -0.1) is 0 Å². The molecule has 0 saturated carbocycles. The Kier molecular flexibility index (Phi) is 5.98. The van der Waals surface area contributed by atoms with Gasteiger partial charge < -0.3 is 20.2 Å². The third kappa shape index (κ3) is 4.21. The van der Waals surface area contributed by atoms with Gasteiger partial charge in [-0.1, -0.05) is 24.3 Å². The number of nitrogens with zero attached hydrogens (tertiary/aromatic N) is 4. The first-order valence-electron chi connectivity index (χ1n) is 13.8. The van der Waals surface area contributed by atoms with Crippen molar-refractivity contribution in [1.82, 2.24) is 25.2 Å². The summed E-state index contributed by atoms with van der Waals surface area (Å²) in [7, 11) is 2.14. The van der Waals surface area contributed by atoms with E-state index in [2.05, 4.69) is 27.1 Å². The summed E-state index contributed by atoms with van der Waals surface area (Å²) in [5.41, 5.74) is 3.24. The van der Waals surface area contributed by atoms with Crippen LogP contribution < -0.4 is 5.32 Å². The largest absolute Gasteiger partial charge is 0.508 e. The Balaban J connectivity index is 1.28. The highest BCUT2D eigenvalue weighted by atomic mass is 19.1. The molecule has 2 unspecified atom stereocenters. The second kappa shape index (κ2) is 9.52.